The lowest BCUT2D eigenvalue weighted by molar-refractivity contribution is 0.0914. The SMILES string of the molecule is CN1CCN(CCNC(=O)c2nn(CC3CC3)c3c2COCC3)CC1. The van der Waals surface area contributed by atoms with Crippen LogP contribution in [0.5, 0.6) is 0 Å². The molecule has 0 bridgehead atoms. The summed E-state index contributed by atoms with van der Waals surface area (Å²) in [6, 6.07) is 0. The van der Waals surface area contributed by atoms with Gasteiger partial charge in [-0.3, -0.25) is 14.4 Å². The van der Waals surface area contributed by atoms with E-state index in [1.54, 1.807) is 0 Å². The topological polar surface area (TPSA) is 62.6 Å². The molecular formula is C18H29N5O2. The van der Waals surface area contributed by atoms with Gasteiger partial charge < -0.3 is 15.0 Å². The molecule has 2 aliphatic heterocycles. The summed E-state index contributed by atoms with van der Waals surface area (Å²) in [6.45, 7) is 8.13. The Bertz CT molecular complexity index is 617. The summed E-state index contributed by atoms with van der Waals surface area (Å²) in [5.41, 5.74) is 2.79. The Balaban J connectivity index is 1.35. The number of hydrogen-bond donors (Lipinski definition) is 1. The molecule has 1 aromatic heterocycles. The molecule has 4 rings (SSSR count). The van der Waals surface area contributed by atoms with Crippen molar-refractivity contribution < 1.29 is 9.53 Å². The molecule has 25 heavy (non-hydrogen) atoms. The first kappa shape index (κ1) is 17.0. The van der Waals surface area contributed by atoms with Crippen molar-refractivity contribution in [2.75, 3.05) is 52.9 Å². The van der Waals surface area contributed by atoms with E-state index in [0.717, 1.165) is 63.8 Å². The number of piperazine rings is 1. The second-order valence-electron chi connectivity index (χ2n) is 7.60. The monoisotopic (exact) mass is 347 g/mol. The third kappa shape index (κ3) is 4.04. The second-order valence-corrected chi connectivity index (χ2v) is 7.60. The van der Waals surface area contributed by atoms with Crippen LogP contribution in [0.25, 0.3) is 0 Å². The smallest absolute Gasteiger partial charge is 0.272 e. The number of carbonyl (C=O) groups excluding carboxylic acids is 1. The molecule has 1 aliphatic carbocycles. The zero-order chi connectivity index (χ0) is 17.2. The summed E-state index contributed by atoms with van der Waals surface area (Å²) in [7, 11) is 2.16. The summed E-state index contributed by atoms with van der Waals surface area (Å²) in [5, 5.41) is 7.72. The number of likely N-dealkylation sites (N-methyl/N-ethyl adjacent to an activating group) is 1. The van der Waals surface area contributed by atoms with Gasteiger partial charge in [0.2, 0.25) is 0 Å². The Morgan fingerprint density at radius 3 is 2.84 bits per heavy atom. The lowest BCUT2D eigenvalue weighted by Gasteiger charge is -2.32. The Kier molecular flexibility index (Phi) is 5.05. The number of nitrogens with zero attached hydrogens (tertiary/aromatic N) is 4. The van der Waals surface area contributed by atoms with Gasteiger partial charge in [-0.1, -0.05) is 0 Å². The molecule has 7 nitrogen and oxygen atoms in total. The fourth-order valence-corrected chi connectivity index (χ4v) is 3.67. The Morgan fingerprint density at radius 2 is 2.08 bits per heavy atom. The van der Waals surface area contributed by atoms with E-state index in [-0.39, 0.29) is 5.91 Å². The number of ether oxygens (including phenoxy) is 1. The van der Waals surface area contributed by atoms with Crippen molar-refractivity contribution in [3.05, 3.63) is 17.0 Å². The predicted octanol–water partition coefficient (Wildman–Crippen LogP) is 0.343. The lowest BCUT2D eigenvalue weighted by atomic mass is 10.1. The van der Waals surface area contributed by atoms with Crippen molar-refractivity contribution >= 4 is 5.91 Å². The number of nitrogens with one attached hydrogen (secondary N) is 1. The minimum atomic E-state index is -0.0505. The van der Waals surface area contributed by atoms with Crippen LogP contribution in [0.4, 0.5) is 0 Å². The molecule has 0 atom stereocenters. The Morgan fingerprint density at radius 1 is 1.28 bits per heavy atom. The third-order valence-corrected chi connectivity index (χ3v) is 5.55. The van der Waals surface area contributed by atoms with Crippen molar-refractivity contribution in [3.8, 4) is 0 Å². The minimum Gasteiger partial charge on any atom is -0.376 e. The van der Waals surface area contributed by atoms with Gasteiger partial charge in [0.1, 0.15) is 0 Å². The van der Waals surface area contributed by atoms with Crippen LogP contribution < -0.4 is 5.32 Å². The van der Waals surface area contributed by atoms with Gasteiger partial charge in [-0.25, -0.2) is 0 Å². The molecular weight excluding hydrogens is 318 g/mol. The van der Waals surface area contributed by atoms with Crippen molar-refractivity contribution in [2.45, 2.75) is 32.4 Å². The van der Waals surface area contributed by atoms with Crippen LogP contribution in [-0.4, -0.2) is 78.4 Å². The van der Waals surface area contributed by atoms with Crippen LogP contribution >= 0.6 is 0 Å². The number of aromatic nitrogens is 2. The third-order valence-electron chi connectivity index (χ3n) is 5.55. The maximum absolute atomic E-state index is 12.7. The average molecular weight is 347 g/mol. The minimum absolute atomic E-state index is 0.0505. The quantitative estimate of drug-likeness (QED) is 0.804. The lowest BCUT2D eigenvalue weighted by Crippen LogP contribution is -2.47. The van der Waals surface area contributed by atoms with Gasteiger partial charge in [0, 0.05) is 63.5 Å². The number of carbonyl (C=O) groups is 1. The van der Waals surface area contributed by atoms with Gasteiger partial charge in [0.25, 0.3) is 5.91 Å². The van der Waals surface area contributed by atoms with E-state index in [4.69, 9.17) is 4.74 Å². The molecule has 3 heterocycles. The zero-order valence-electron chi connectivity index (χ0n) is 15.2. The Labute approximate surface area is 149 Å². The van der Waals surface area contributed by atoms with Crippen molar-refractivity contribution in [3.63, 3.8) is 0 Å². The number of hydrogen-bond acceptors (Lipinski definition) is 5. The van der Waals surface area contributed by atoms with Gasteiger partial charge in [-0.2, -0.15) is 5.10 Å². The van der Waals surface area contributed by atoms with E-state index in [9.17, 15) is 4.79 Å². The van der Waals surface area contributed by atoms with Gasteiger partial charge in [-0.15, -0.1) is 0 Å². The van der Waals surface area contributed by atoms with E-state index in [1.165, 1.54) is 18.5 Å². The molecule has 1 aromatic rings. The first-order valence-electron chi connectivity index (χ1n) is 9.56. The first-order chi connectivity index (χ1) is 12.2. The molecule has 1 N–H and O–H groups in total. The van der Waals surface area contributed by atoms with Crippen molar-refractivity contribution in [1.82, 2.24) is 24.9 Å². The standard InChI is InChI=1S/C18H29N5O2/c1-21-7-9-22(10-8-21)6-5-19-18(24)17-15-13-25-11-4-16(15)23(20-17)12-14-2-3-14/h14H,2-13H2,1H3,(H,19,24). The maximum atomic E-state index is 12.7. The molecule has 0 aromatic carbocycles. The van der Waals surface area contributed by atoms with Crippen LogP contribution in [0, 0.1) is 5.92 Å². The van der Waals surface area contributed by atoms with Crippen LogP contribution in [0.15, 0.2) is 0 Å². The molecule has 1 saturated carbocycles. The van der Waals surface area contributed by atoms with Gasteiger partial charge in [-0.05, 0) is 25.8 Å². The summed E-state index contributed by atoms with van der Waals surface area (Å²) >= 11 is 0. The fourth-order valence-electron chi connectivity index (χ4n) is 3.67. The molecule has 2 fully saturated rings. The Hall–Kier alpha value is -1.44. The molecule has 1 saturated heterocycles. The summed E-state index contributed by atoms with van der Waals surface area (Å²) in [5.74, 6) is 0.699. The van der Waals surface area contributed by atoms with Crippen molar-refractivity contribution in [1.29, 1.82) is 0 Å². The average Bonchev–Trinajstić information content (AvgIpc) is 3.37. The highest BCUT2D eigenvalue weighted by Crippen LogP contribution is 2.32. The molecule has 7 heteroatoms. The normalized spacial score (nSPS) is 22.0. The fraction of sp³-hybridized carbons (Fsp3) is 0.778. The molecule has 0 unspecified atom stereocenters. The number of amides is 1. The molecule has 1 amide bonds. The largest absolute Gasteiger partial charge is 0.376 e. The number of rotatable bonds is 6. The maximum Gasteiger partial charge on any atom is 0.272 e. The summed E-state index contributed by atoms with van der Waals surface area (Å²) in [6.07, 6.45) is 3.44. The van der Waals surface area contributed by atoms with E-state index < -0.39 is 0 Å². The highest BCUT2D eigenvalue weighted by atomic mass is 16.5. The molecule has 138 valence electrons. The zero-order valence-corrected chi connectivity index (χ0v) is 15.2. The van der Waals surface area contributed by atoms with Crippen LogP contribution in [0.3, 0.4) is 0 Å². The van der Waals surface area contributed by atoms with E-state index >= 15 is 0 Å². The van der Waals surface area contributed by atoms with E-state index in [1.807, 2.05) is 0 Å². The highest BCUT2D eigenvalue weighted by Gasteiger charge is 2.29. The highest BCUT2D eigenvalue weighted by molar-refractivity contribution is 5.94. The van der Waals surface area contributed by atoms with E-state index in [0.29, 0.717) is 18.8 Å². The van der Waals surface area contributed by atoms with E-state index in [2.05, 4.69) is 31.9 Å². The van der Waals surface area contributed by atoms with Crippen LogP contribution in [-0.2, 0) is 24.3 Å². The van der Waals surface area contributed by atoms with Crippen LogP contribution in [0.1, 0.15) is 34.6 Å². The molecule has 0 radical (unpaired) electrons. The van der Waals surface area contributed by atoms with Crippen molar-refractivity contribution in [2.24, 2.45) is 5.92 Å². The van der Waals surface area contributed by atoms with Gasteiger partial charge in [0.15, 0.2) is 5.69 Å². The second kappa shape index (κ2) is 7.43. The summed E-state index contributed by atoms with van der Waals surface area (Å²) in [4.78, 5) is 17.4. The van der Waals surface area contributed by atoms with Crippen LogP contribution in [0.2, 0.25) is 0 Å². The first-order valence-corrected chi connectivity index (χ1v) is 9.56. The van der Waals surface area contributed by atoms with Gasteiger partial charge >= 0.3 is 0 Å². The van der Waals surface area contributed by atoms with Gasteiger partial charge in [0.05, 0.1) is 13.2 Å². The summed E-state index contributed by atoms with van der Waals surface area (Å²) < 4.78 is 7.66. The predicted molar refractivity (Wildman–Crippen MR) is 94.6 cm³/mol. The number of fused-ring (bicyclic) bond motifs is 1. The molecule has 0 spiro atoms. The molecule has 3 aliphatic rings.